The molecule has 0 bridgehead atoms. The van der Waals surface area contributed by atoms with Crippen molar-refractivity contribution in [2.45, 2.75) is 110 Å². The quantitative estimate of drug-likeness (QED) is 0.104. The molecule has 1 N–H and O–H groups in total. The monoisotopic (exact) mass is 615 g/mol. The summed E-state index contributed by atoms with van der Waals surface area (Å²) in [5, 5.41) is 20.2. The second-order valence-electron chi connectivity index (χ2n) is 12.6. The first-order chi connectivity index (χ1) is 21.3. The largest absolute Gasteiger partial charge is 0.465 e. The van der Waals surface area contributed by atoms with E-state index in [0.717, 1.165) is 22.4 Å². The molecule has 6 atom stereocenters. The van der Waals surface area contributed by atoms with Gasteiger partial charge in [0.1, 0.15) is 11.5 Å². The first kappa shape index (κ1) is 35.8. The van der Waals surface area contributed by atoms with Crippen LogP contribution in [0.25, 0.3) is 0 Å². The number of nitrogens with zero attached hydrogens (tertiary/aromatic N) is 1. The zero-order valence-electron chi connectivity index (χ0n) is 27.9. The van der Waals surface area contributed by atoms with E-state index in [1.807, 2.05) is 83.1 Å². The van der Waals surface area contributed by atoms with Crippen LogP contribution in [0.1, 0.15) is 114 Å². The van der Waals surface area contributed by atoms with Gasteiger partial charge in [-0.3, -0.25) is 4.79 Å². The maximum atomic E-state index is 11.4. The third-order valence-electron chi connectivity index (χ3n) is 7.93. The highest BCUT2D eigenvalue weighted by molar-refractivity contribution is 5.69. The van der Waals surface area contributed by atoms with Gasteiger partial charge < -0.3 is 24.1 Å². The lowest BCUT2D eigenvalue weighted by molar-refractivity contribution is -0.168. The van der Waals surface area contributed by atoms with Crippen molar-refractivity contribution in [2.24, 2.45) is 0 Å². The van der Waals surface area contributed by atoms with Crippen LogP contribution in [-0.4, -0.2) is 35.9 Å². The van der Waals surface area contributed by atoms with Crippen LogP contribution >= 0.6 is 0 Å². The van der Waals surface area contributed by atoms with E-state index in [-0.39, 0.29) is 35.9 Å². The molecule has 0 radical (unpaired) electrons. The predicted molar refractivity (Wildman–Crippen MR) is 176 cm³/mol. The normalized spacial score (nSPS) is 15.6. The summed E-state index contributed by atoms with van der Waals surface area (Å²) < 4.78 is 22.3. The third kappa shape index (κ3) is 11.0. The van der Waals surface area contributed by atoms with E-state index in [1.165, 1.54) is 12.5 Å². The minimum atomic E-state index is -0.912. The summed E-state index contributed by atoms with van der Waals surface area (Å²) in [7, 11) is 0. The smallest absolute Gasteiger partial charge is 0.308 e. The highest BCUT2D eigenvalue weighted by atomic mass is 16.7. The molecule has 7 nitrogen and oxygen atoms in total. The number of ether oxygens (including phenoxy) is 4. The van der Waals surface area contributed by atoms with Crippen LogP contribution in [0.4, 0.5) is 0 Å². The Labute approximate surface area is 269 Å². The number of aliphatic hydroxyl groups excluding tert-OH is 1. The summed E-state index contributed by atoms with van der Waals surface area (Å²) in [4.78, 5) is 11.4. The lowest BCUT2D eigenvalue weighted by Crippen LogP contribution is -2.27. The molecule has 0 aliphatic heterocycles. The molecule has 0 heterocycles. The molecule has 7 heteroatoms. The minimum Gasteiger partial charge on any atom is -0.465 e. The van der Waals surface area contributed by atoms with E-state index in [4.69, 9.17) is 18.9 Å². The molecule has 0 aromatic heterocycles. The Kier molecular flexibility index (Phi) is 13.2. The molecular weight excluding hydrogens is 566 g/mol. The van der Waals surface area contributed by atoms with Crippen LogP contribution in [0.2, 0.25) is 0 Å². The van der Waals surface area contributed by atoms with E-state index in [9.17, 15) is 15.2 Å². The zero-order chi connectivity index (χ0) is 33.1. The van der Waals surface area contributed by atoms with Crippen molar-refractivity contribution in [3.8, 4) is 17.6 Å². The molecule has 6 unspecified atom stereocenters. The van der Waals surface area contributed by atoms with Gasteiger partial charge in [-0.25, -0.2) is 0 Å². The van der Waals surface area contributed by atoms with Gasteiger partial charge in [-0.2, -0.15) is 5.26 Å². The number of carbonyl (C=O) groups excluding carboxylic acids is 1. The van der Waals surface area contributed by atoms with E-state index in [0.29, 0.717) is 25.2 Å². The topological polar surface area (TPSA) is 98.0 Å². The number of nitriles is 1. The lowest BCUT2D eigenvalue weighted by Gasteiger charge is -2.31. The minimum absolute atomic E-state index is 0.102. The molecule has 0 spiro atoms. The van der Waals surface area contributed by atoms with Crippen molar-refractivity contribution in [3.05, 3.63) is 95.1 Å². The summed E-state index contributed by atoms with van der Waals surface area (Å²) in [6, 6.07) is 26.6. The molecule has 3 rings (SSSR count). The van der Waals surface area contributed by atoms with Gasteiger partial charge in [0, 0.05) is 13.5 Å². The average molecular weight is 616 g/mol. The van der Waals surface area contributed by atoms with Crippen molar-refractivity contribution >= 4 is 5.97 Å². The maximum absolute atomic E-state index is 11.4. The van der Waals surface area contributed by atoms with Crippen molar-refractivity contribution < 1.29 is 28.8 Å². The second kappa shape index (κ2) is 16.6. The third-order valence-corrected chi connectivity index (χ3v) is 7.93. The van der Waals surface area contributed by atoms with E-state index >= 15 is 0 Å². The number of esters is 1. The SMILES string of the molecule is CCOC(C)Oc1ccc(C(C(C)c2ccc(OC(C)=O)cc2)C(C)c2ccc(C(C#N)CCC(O)OC(C)(C)C)cc2)cc1. The van der Waals surface area contributed by atoms with Crippen LogP contribution in [0.15, 0.2) is 72.8 Å². The molecule has 0 aliphatic carbocycles. The first-order valence-electron chi connectivity index (χ1n) is 15.8. The molecule has 0 saturated heterocycles. The van der Waals surface area contributed by atoms with E-state index < -0.39 is 11.9 Å². The Balaban J connectivity index is 1.87. The highest BCUT2D eigenvalue weighted by Crippen LogP contribution is 2.44. The fraction of sp³-hybridized carbons (Fsp3) is 0.474. The van der Waals surface area contributed by atoms with Crippen LogP contribution in [-0.2, 0) is 14.3 Å². The van der Waals surface area contributed by atoms with Crippen molar-refractivity contribution in [2.75, 3.05) is 6.61 Å². The van der Waals surface area contributed by atoms with Crippen molar-refractivity contribution in [1.82, 2.24) is 0 Å². The summed E-state index contributed by atoms with van der Waals surface area (Å²) in [5.74, 6) is 0.923. The van der Waals surface area contributed by atoms with Crippen molar-refractivity contribution in [1.29, 1.82) is 5.26 Å². The Morgan fingerprint density at radius 3 is 1.78 bits per heavy atom. The van der Waals surface area contributed by atoms with Gasteiger partial charge >= 0.3 is 5.97 Å². The first-order valence-corrected chi connectivity index (χ1v) is 15.8. The average Bonchev–Trinajstić information content (AvgIpc) is 2.98. The Morgan fingerprint density at radius 2 is 1.29 bits per heavy atom. The fourth-order valence-electron chi connectivity index (χ4n) is 5.77. The van der Waals surface area contributed by atoms with Gasteiger partial charge in [-0.05, 0) is 112 Å². The number of hydrogen-bond acceptors (Lipinski definition) is 7. The second-order valence-corrected chi connectivity index (χ2v) is 12.6. The van der Waals surface area contributed by atoms with Crippen LogP contribution in [0, 0.1) is 11.3 Å². The molecule has 3 aromatic rings. The number of rotatable bonds is 15. The summed E-state index contributed by atoms with van der Waals surface area (Å²) in [6.45, 7) is 15.9. The number of benzene rings is 3. The number of carbonyl (C=O) groups is 1. The molecule has 242 valence electrons. The Morgan fingerprint density at radius 1 is 0.800 bits per heavy atom. The summed E-state index contributed by atoms with van der Waals surface area (Å²) in [6.07, 6.45) is -0.367. The summed E-state index contributed by atoms with van der Waals surface area (Å²) >= 11 is 0. The van der Waals surface area contributed by atoms with Crippen LogP contribution in [0.3, 0.4) is 0 Å². The highest BCUT2D eigenvalue weighted by Gasteiger charge is 2.28. The molecule has 45 heavy (non-hydrogen) atoms. The number of hydrogen-bond donors (Lipinski definition) is 1. The predicted octanol–water partition coefficient (Wildman–Crippen LogP) is 8.59. The van der Waals surface area contributed by atoms with Crippen LogP contribution < -0.4 is 9.47 Å². The van der Waals surface area contributed by atoms with Gasteiger partial charge in [0.2, 0.25) is 0 Å². The van der Waals surface area contributed by atoms with E-state index in [1.54, 1.807) is 0 Å². The number of aliphatic hydroxyl groups is 1. The van der Waals surface area contributed by atoms with Gasteiger partial charge in [0.25, 0.3) is 0 Å². The summed E-state index contributed by atoms with van der Waals surface area (Å²) in [5.41, 5.74) is 3.93. The van der Waals surface area contributed by atoms with Gasteiger partial charge in [0.05, 0.1) is 17.6 Å². The molecule has 0 aliphatic rings. The molecule has 0 amide bonds. The van der Waals surface area contributed by atoms with Gasteiger partial charge in [-0.15, -0.1) is 0 Å². The van der Waals surface area contributed by atoms with Gasteiger partial charge in [-0.1, -0.05) is 62.4 Å². The molecule has 0 saturated carbocycles. The zero-order valence-corrected chi connectivity index (χ0v) is 27.9. The fourth-order valence-corrected chi connectivity index (χ4v) is 5.77. The van der Waals surface area contributed by atoms with Crippen molar-refractivity contribution in [3.63, 3.8) is 0 Å². The maximum Gasteiger partial charge on any atom is 0.308 e. The molecule has 3 aromatic carbocycles. The van der Waals surface area contributed by atoms with Gasteiger partial charge in [0.15, 0.2) is 12.6 Å². The molecule has 0 fully saturated rings. The standard InChI is InChI=1S/C38H49NO6/c1-9-42-28(5)44-35-21-16-32(17-22-35)37(26(3)30-14-19-34(20-15-30)43-27(4)40)25(2)29-10-12-31(13-11-29)33(24-39)18-23-36(41)45-38(6,7)8/h10-17,19-22,25-26,28,33,36-37,41H,9,18,23H2,1-8H3. The Hall–Kier alpha value is -3.70. The lowest BCUT2D eigenvalue weighted by atomic mass is 9.73. The van der Waals surface area contributed by atoms with E-state index in [2.05, 4.69) is 44.2 Å². The molecular formula is C38H49NO6. The Bertz CT molecular complexity index is 1370. The van der Waals surface area contributed by atoms with Crippen LogP contribution in [0.5, 0.6) is 11.5 Å².